The summed E-state index contributed by atoms with van der Waals surface area (Å²) >= 11 is 0. The second kappa shape index (κ2) is 7.80. The number of aromatic hydroxyl groups is 1. The van der Waals surface area contributed by atoms with Crippen LogP contribution in [0.15, 0.2) is 60.2 Å². The van der Waals surface area contributed by atoms with Crippen molar-refractivity contribution in [2.24, 2.45) is 0 Å². The lowest BCUT2D eigenvalue weighted by Gasteiger charge is -2.09. The van der Waals surface area contributed by atoms with Crippen molar-refractivity contribution >= 4 is 17.7 Å². The first-order valence-corrected chi connectivity index (χ1v) is 8.56. The maximum absolute atomic E-state index is 13.2. The zero-order chi connectivity index (χ0) is 20.3. The van der Waals surface area contributed by atoms with E-state index in [9.17, 15) is 19.6 Å². The van der Waals surface area contributed by atoms with Gasteiger partial charge >= 0.3 is 0 Å². The Hall–Kier alpha value is -3.85. The predicted octanol–water partition coefficient (Wildman–Crippen LogP) is 4.48. The highest BCUT2D eigenvalue weighted by atomic mass is 19.1. The average Bonchev–Trinajstić information content (AvgIpc) is 2.95. The molecule has 0 radical (unpaired) electrons. The summed E-state index contributed by atoms with van der Waals surface area (Å²) in [7, 11) is 0. The number of aromatic nitrogens is 1. The number of nitriles is 1. The first-order chi connectivity index (χ1) is 13.4. The summed E-state index contributed by atoms with van der Waals surface area (Å²) in [4.78, 5) is 12.4. The van der Waals surface area contributed by atoms with Gasteiger partial charge in [-0.1, -0.05) is 0 Å². The summed E-state index contributed by atoms with van der Waals surface area (Å²) in [5.74, 6) is -0.772. The van der Waals surface area contributed by atoms with Gasteiger partial charge in [0.05, 0.1) is 0 Å². The molecule has 6 heteroatoms. The molecule has 0 fully saturated rings. The van der Waals surface area contributed by atoms with E-state index in [1.165, 1.54) is 30.3 Å². The predicted molar refractivity (Wildman–Crippen MR) is 106 cm³/mol. The van der Waals surface area contributed by atoms with Crippen LogP contribution in [0.1, 0.15) is 17.0 Å². The van der Waals surface area contributed by atoms with E-state index in [2.05, 4.69) is 5.32 Å². The first kappa shape index (κ1) is 18.9. The number of carbonyl (C=O) groups excluding carboxylic acids is 1. The van der Waals surface area contributed by atoms with Gasteiger partial charge in [-0.25, -0.2) is 4.39 Å². The summed E-state index contributed by atoms with van der Waals surface area (Å²) in [6.45, 7) is 3.77. The molecule has 1 heterocycles. The molecule has 1 aromatic heterocycles. The lowest BCUT2D eigenvalue weighted by Crippen LogP contribution is -2.13. The Kier molecular flexibility index (Phi) is 5.28. The maximum atomic E-state index is 13.2. The quantitative estimate of drug-likeness (QED) is 0.401. The third-order valence-corrected chi connectivity index (χ3v) is 4.35. The van der Waals surface area contributed by atoms with Gasteiger partial charge in [0, 0.05) is 22.8 Å². The molecule has 0 bridgehead atoms. The Morgan fingerprint density at radius 1 is 1.14 bits per heavy atom. The van der Waals surface area contributed by atoms with Crippen LogP contribution in [0.5, 0.6) is 5.75 Å². The van der Waals surface area contributed by atoms with Gasteiger partial charge in [-0.15, -0.1) is 0 Å². The molecule has 0 unspecified atom stereocenters. The second-order valence-corrected chi connectivity index (χ2v) is 6.31. The number of nitrogens with one attached hydrogen (secondary N) is 1. The van der Waals surface area contributed by atoms with Crippen LogP contribution in [0.25, 0.3) is 11.8 Å². The summed E-state index contributed by atoms with van der Waals surface area (Å²) in [6, 6.07) is 15.9. The van der Waals surface area contributed by atoms with E-state index in [0.717, 1.165) is 22.6 Å². The number of halogens is 1. The lowest BCUT2D eigenvalue weighted by molar-refractivity contribution is -0.112. The van der Waals surface area contributed by atoms with E-state index in [1.807, 2.05) is 30.6 Å². The SMILES string of the molecule is Cc1cc(/C=C(/C#N)C(=O)Nc2ccc(O)cc2)c(C)n1-c1ccc(F)cc1. The van der Waals surface area contributed by atoms with Crippen molar-refractivity contribution < 1.29 is 14.3 Å². The van der Waals surface area contributed by atoms with Crippen molar-refractivity contribution in [3.8, 4) is 17.5 Å². The van der Waals surface area contributed by atoms with E-state index in [0.29, 0.717) is 5.69 Å². The van der Waals surface area contributed by atoms with Gasteiger partial charge in [0.1, 0.15) is 23.2 Å². The minimum absolute atomic E-state index is 0.0487. The molecule has 0 saturated heterocycles. The molecule has 2 aromatic carbocycles. The Morgan fingerprint density at radius 2 is 1.79 bits per heavy atom. The summed E-state index contributed by atoms with van der Waals surface area (Å²) in [6.07, 6.45) is 1.53. The van der Waals surface area contributed by atoms with Gasteiger partial charge in [0.15, 0.2) is 0 Å². The molecule has 0 aliphatic carbocycles. The Morgan fingerprint density at radius 3 is 2.39 bits per heavy atom. The van der Waals surface area contributed by atoms with Gasteiger partial charge < -0.3 is 15.0 Å². The highest BCUT2D eigenvalue weighted by Crippen LogP contribution is 2.23. The van der Waals surface area contributed by atoms with Crippen molar-refractivity contribution in [3.05, 3.63) is 82.9 Å². The number of amides is 1. The van der Waals surface area contributed by atoms with E-state index in [4.69, 9.17) is 0 Å². The number of phenolic OH excluding ortho intramolecular Hbond substituents is 1. The molecule has 0 spiro atoms. The molecular weight excluding hydrogens is 357 g/mol. The number of anilines is 1. The molecule has 0 atom stereocenters. The maximum Gasteiger partial charge on any atom is 0.266 e. The van der Waals surface area contributed by atoms with Crippen molar-refractivity contribution in [3.63, 3.8) is 0 Å². The number of hydrogen-bond donors (Lipinski definition) is 2. The minimum Gasteiger partial charge on any atom is -0.508 e. The zero-order valence-corrected chi connectivity index (χ0v) is 15.4. The summed E-state index contributed by atoms with van der Waals surface area (Å²) in [5.41, 5.74) is 3.66. The van der Waals surface area contributed by atoms with Crippen LogP contribution in [0.4, 0.5) is 10.1 Å². The zero-order valence-electron chi connectivity index (χ0n) is 15.4. The highest BCUT2D eigenvalue weighted by molar-refractivity contribution is 6.09. The fraction of sp³-hybridized carbons (Fsp3) is 0.0909. The van der Waals surface area contributed by atoms with Crippen LogP contribution in [0.3, 0.4) is 0 Å². The standard InChI is InChI=1S/C22H18FN3O2/c1-14-11-16(15(2)26(14)20-7-3-18(23)4-8-20)12-17(13-24)22(28)25-19-5-9-21(27)10-6-19/h3-12,27H,1-2H3,(H,25,28)/b17-12-. The van der Waals surface area contributed by atoms with Crippen molar-refractivity contribution in [2.45, 2.75) is 13.8 Å². The fourth-order valence-corrected chi connectivity index (χ4v) is 2.97. The van der Waals surface area contributed by atoms with Gasteiger partial charge in [-0.3, -0.25) is 4.79 Å². The molecule has 5 nitrogen and oxygen atoms in total. The highest BCUT2D eigenvalue weighted by Gasteiger charge is 2.14. The lowest BCUT2D eigenvalue weighted by atomic mass is 10.1. The summed E-state index contributed by atoms with van der Waals surface area (Å²) < 4.78 is 15.1. The van der Waals surface area contributed by atoms with Crippen LogP contribution in [0.2, 0.25) is 0 Å². The van der Waals surface area contributed by atoms with Gasteiger partial charge in [-0.2, -0.15) is 5.26 Å². The van der Waals surface area contributed by atoms with Crippen LogP contribution < -0.4 is 5.32 Å². The number of rotatable bonds is 4. The molecule has 1 amide bonds. The second-order valence-electron chi connectivity index (χ2n) is 6.31. The molecule has 0 aliphatic heterocycles. The third-order valence-electron chi connectivity index (χ3n) is 4.35. The molecule has 3 rings (SSSR count). The number of nitrogens with zero attached hydrogens (tertiary/aromatic N) is 2. The van der Waals surface area contributed by atoms with E-state index >= 15 is 0 Å². The van der Waals surface area contributed by atoms with E-state index in [1.54, 1.807) is 24.3 Å². The van der Waals surface area contributed by atoms with E-state index in [-0.39, 0.29) is 17.1 Å². The normalized spacial score (nSPS) is 11.1. The van der Waals surface area contributed by atoms with Crippen molar-refractivity contribution in [1.82, 2.24) is 4.57 Å². The molecule has 0 aliphatic rings. The number of carbonyl (C=O) groups is 1. The number of aryl methyl sites for hydroxylation is 1. The van der Waals surface area contributed by atoms with Gasteiger partial charge in [0.2, 0.25) is 0 Å². The largest absolute Gasteiger partial charge is 0.508 e. The van der Waals surface area contributed by atoms with E-state index < -0.39 is 5.91 Å². The molecule has 3 aromatic rings. The molecule has 140 valence electrons. The van der Waals surface area contributed by atoms with Crippen LogP contribution in [0, 0.1) is 31.0 Å². The minimum atomic E-state index is -0.542. The monoisotopic (exact) mass is 375 g/mol. The third kappa shape index (κ3) is 3.94. The van der Waals surface area contributed by atoms with Gasteiger partial charge in [-0.05, 0) is 80.1 Å². The van der Waals surface area contributed by atoms with Crippen LogP contribution >= 0.6 is 0 Å². The number of benzene rings is 2. The number of phenols is 1. The Balaban J connectivity index is 1.91. The van der Waals surface area contributed by atoms with Crippen LogP contribution in [-0.4, -0.2) is 15.6 Å². The summed E-state index contributed by atoms with van der Waals surface area (Å²) in [5, 5.41) is 21.4. The first-order valence-electron chi connectivity index (χ1n) is 8.56. The topological polar surface area (TPSA) is 78.1 Å². The molecular formula is C22H18FN3O2. The van der Waals surface area contributed by atoms with Gasteiger partial charge in [0.25, 0.3) is 5.91 Å². The molecule has 28 heavy (non-hydrogen) atoms. The number of hydrogen-bond acceptors (Lipinski definition) is 3. The molecule has 0 saturated carbocycles. The molecule has 2 N–H and O–H groups in total. The average molecular weight is 375 g/mol. The Labute approximate surface area is 162 Å². The smallest absolute Gasteiger partial charge is 0.266 e. The Bertz CT molecular complexity index is 1090. The van der Waals surface area contributed by atoms with Crippen LogP contribution in [-0.2, 0) is 4.79 Å². The van der Waals surface area contributed by atoms with Crippen molar-refractivity contribution in [2.75, 3.05) is 5.32 Å². The van der Waals surface area contributed by atoms with Crippen molar-refractivity contribution in [1.29, 1.82) is 5.26 Å². The fourth-order valence-electron chi connectivity index (χ4n) is 2.97.